The average molecular weight is 361 g/mol. The Labute approximate surface area is 161 Å². The SMILES string of the molecule is Cc1ccc2nc(N3CCC(NCc4ccccc4C)CC3)nc(C)c2c1. The van der Waals surface area contributed by atoms with Crippen LogP contribution in [0.5, 0.6) is 0 Å². The van der Waals surface area contributed by atoms with Gasteiger partial charge in [0.1, 0.15) is 0 Å². The minimum atomic E-state index is 0.560. The number of aryl methyl sites for hydroxylation is 3. The molecule has 1 saturated heterocycles. The van der Waals surface area contributed by atoms with E-state index in [1.54, 1.807) is 0 Å². The predicted octanol–water partition coefficient (Wildman–Crippen LogP) is 4.31. The molecule has 0 spiro atoms. The molecule has 3 aromatic rings. The minimum absolute atomic E-state index is 0.560. The van der Waals surface area contributed by atoms with Crippen molar-refractivity contribution in [2.45, 2.75) is 46.2 Å². The first-order valence-electron chi connectivity index (χ1n) is 9.88. The average Bonchev–Trinajstić information content (AvgIpc) is 2.68. The van der Waals surface area contributed by atoms with E-state index in [0.717, 1.165) is 55.0 Å². The maximum absolute atomic E-state index is 4.83. The quantitative estimate of drug-likeness (QED) is 0.752. The third kappa shape index (κ3) is 3.96. The fourth-order valence-corrected chi connectivity index (χ4v) is 3.87. The number of nitrogens with zero attached hydrogens (tertiary/aromatic N) is 3. The molecule has 1 aromatic heterocycles. The topological polar surface area (TPSA) is 41.1 Å². The van der Waals surface area contributed by atoms with Crippen molar-refractivity contribution in [3.8, 4) is 0 Å². The van der Waals surface area contributed by atoms with E-state index in [0.29, 0.717) is 6.04 Å². The molecule has 1 aliphatic heterocycles. The van der Waals surface area contributed by atoms with Crippen molar-refractivity contribution in [1.82, 2.24) is 15.3 Å². The maximum Gasteiger partial charge on any atom is 0.226 e. The van der Waals surface area contributed by atoms with Crippen LogP contribution in [-0.4, -0.2) is 29.1 Å². The summed E-state index contributed by atoms with van der Waals surface area (Å²) < 4.78 is 0. The number of fused-ring (bicyclic) bond motifs is 1. The van der Waals surface area contributed by atoms with Crippen molar-refractivity contribution in [2.75, 3.05) is 18.0 Å². The molecule has 4 rings (SSSR count). The van der Waals surface area contributed by atoms with Gasteiger partial charge in [-0.05, 0) is 56.9 Å². The van der Waals surface area contributed by atoms with Crippen LogP contribution >= 0.6 is 0 Å². The Kier molecular flexibility index (Phi) is 5.08. The molecule has 0 radical (unpaired) electrons. The highest BCUT2D eigenvalue weighted by Crippen LogP contribution is 2.23. The summed E-state index contributed by atoms with van der Waals surface area (Å²) in [5.74, 6) is 0.876. The molecule has 0 unspecified atom stereocenters. The minimum Gasteiger partial charge on any atom is -0.341 e. The third-order valence-electron chi connectivity index (χ3n) is 5.65. The van der Waals surface area contributed by atoms with Gasteiger partial charge in [-0.25, -0.2) is 9.97 Å². The van der Waals surface area contributed by atoms with E-state index >= 15 is 0 Å². The van der Waals surface area contributed by atoms with Crippen molar-refractivity contribution in [1.29, 1.82) is 0 Å². The molecule has 0 bridgehead atoms. The number of piperidine rings is 1. The van der Waals surface area contributed by atoms with E-state index < -0.39 is 0 Å². The lowest BCUT2D eigenvalue weighted by Crippen LogP contribution is -2.43. The molecule has 0 atom stereocenters. The van der Waals surface area contributed by atoms with Crippen molar-refractivity contribution >= 4 is 16.9 Å². The predicted molar refractivity (Wildman–Crippen MR) is 112 cm³/mol. The van der Waals surface area contributed by atoms with Gasteiger partial charge in [0, 0.05) is 31.1 Å². The molecule has 4 heteroatoms. The summed E-state index contributed by atoms with van der Waals surface area (Å²) in [5.41, 5.74) is 6.12. The Morgan fingerprint density at radius 2 is 1.78 bits per heavy atom. The van der Waals surface area contributed by atoms with Crippen molar-refractivity contribution < 1.29 is 0 Å². The van der Waals surface area contributed by atoms with Gasteiger partial charge in [0.05, 0.1) is 11.2 Å². The second-order valence-corrected chi connectivity index (χ2v) is 7.70. The van der Waals surface area contributed by atoms with Crippen LogP contribution < -0.4 is 10.2 Å². The molecule has 27 heavy (non-hydrogen) atoms. The maximum atomic E-state index is 4.83. The van der Waals surface area contributed by atoms with E-state index in [-0.39, 0.29) is 0 Å². The van der Waals surface area contributed by atoms with Gasteiger partial charge < -0.3 is 10.2 Å². The van der Waals surface area contributed by atoms with Gasteiger partial charge in [-0.1, -0.05) is 35.9 Å². The van der Waals surface area contributed by atoms with E-state index in [2.05, 4.69) is 73.5 Å². The summed E-state index contributed by atoms with van der Waals surface area (Å²) >= 11 is 0. The molecular formula is C23H28N4. The standard InChI is InChI=1S/C23H28N4/c1-16-8-9-22-21(14-16)18(3)25-23(26-22)27-12-10-20(11-13-27)24-15-19-7-5-4-6-17(19)2/h4-9,14,20,24H,10-13,15H2,1-3H3. The summed E-state index contributed by atoms with van der Waals surface area (Å²) in [6.07, 6.45) is 2.25. The number of anilines is 1. The van der Waals surface area contributed by atoms with Gasteiger partial charge in [-0.3, -0.25) is 0 Å². The zero-order valence-corrected chi connectivity index (χ0v) is 16.5. The van der Waals surface area contributed by atoms with Crippen LogP contribution in [0.1, 0.15) is 35.2 Å². The Morgan fingerprint density at radius 3 is 2.56 bits per heavy atom. The monoisotopic (exact) mass is 360 g/mol. The fourth-order valence-electron chi connectivity index (χ4n) is 3.87. The molecule has 2 heterocycles. The zero-order chi connectivity index (χ0) is 18.8. The number of benzene rings is 2. The summed E-state index contributed by atoms with van der Waals surface area (Å²) in [6.45, 7) is 9.33. The number of rotatable bonds is 4. The Morgan fingerprint density at radius 1 is 1.00 bits per heavy atom. The van der Waals surface area contributed by atoms with Crippen LogP contribution in [0.2, 0.25) is 0 Å². The summed E-state index contributed by atoms with van der Waals surface area (Å²) in [7, 11) is 0. The van der Waals surface area contributed by atoms with Gasteiger partial charge in [0.15, 0.2) is 0 Å². The molecule has 4 nitrogen and oxygen atoms in total. The summed E-state index contributed by atoms with van der Waals surface area (Å²) in [6, 6.07) is 15.6. The number of hydrogen-bond donors (Lipinski definition) is 1. The molecule has 1 aliphatic rings. The van der Waals surface area contributed by atoms with E-state index in [1.165, 1.54) is 16.7 Å². The number of aromatic nitrogens is 2. The van der Waals surface area contributed by atoms with Gasteiger partial charge in [-0.15, -0.1) is 0 Å². The zero-order valence-electron chi connectivity index (χ0n) is 16.5. The largest absolute Gasteiger partial charge is 0.341 e. The summed E-state index contributed by atoms with van der Waals surface area (Å²) in [5, 5.41) is 4.89. The molecular weight excluding hydrogens is 332 g/mol. The first-order valence-corrected chi connectivity index (χ1v) is 9.88. The molecule has 140 valence electrons. The van der Waals surface area contributed by atoms with Gasteiger partial charge in [-0.2, -0.15) is 0 Å². The molecule has 1 N–H and O–H groups in total. The van der Waals surface area contributed by atoms with E-state index in [4.69, 9.17) is 9.97 Å². The highest BCUT2D eigenvalue weighted by Gasteiger charge is 2.21. The van der Waals surface area contributed by atoms with Crippen molar-refractivity contribution in [2.24, 2.45) is 0 Å². The molecule has 0 aliphatic carbocycles. The number of nitrogens with one attached hydrogen (secondary N) is 1. The second kappa shape index (κ2) is 7.65. The second-order valence-electron chi connectivity index (χ2n) is 7.70. The smallest absolute Gasteiger partial charge is 0.226 e. The first kappa shape index (κ1) is 17.9. The summed E-state index contributed by atoms with van der Waals surface area (Å²) in [4.78, 5) is 11.9. The highest BCUT2D eigenvalue weighted by molar-refractivity contribution is 5.82. The molecule has 2 aromatic carbocycles. The van der Waals surface area contributed by atoms with Gasteiger partial charge in [0.25, 0.3) is 0 Å². The van der Waals surface area contributed by atoms with Crippen LogP contribution in [0, 0.1) is 20.8 Å². The molecule has 0 saturated carbocycles. The molecule has 1 fully saturated rings. The van der Waals surface area contributed by atoms with Gasteiger partial charge >= 0.3 is 0 Å². The lowest BCUT2D eigenvalue weighted by Gasteiger charge is -2.33. The van der Waals surface area contributed by atoms with E-state index in [1.807, 2.05) is 0 Å². The van der Waals surface area contributed by atoms with Gasteiger partial charge in [0.2, 0.25) is 5.95 Å². The van der Waals surface area contributed by atoms with Crippen molar-refractivity contribution in [3.05, 3.63) is 64.8 Å². The van der Waals surface area contributed by atoms with Crippen LogP contribution in [0.25, 0.3) is 10.9 Å². The Balaban J connectivity index is 1.40. The van der Waals surface area contributed by atoms with Crippen LogP contribution in [0.15, 0.2) is 42.5 Å². The lowest BCUT2D eigenvalue weighted by molar-refractivity contribution is 0.411. The number of hydrogen-bond acceptors (Lipinski definition) is 4. The fraction of sp³-hybridized carbons (Fsp3) is 0.391. The Bertz CT molecular complexity index is 942. The third-order valence-corrected chi connectivity index (χ3v) is 5.65. The van der Waals surface area contributed by atoms with Crippen LogP contribution in [0.4, 0.5) is 5.95 Å². The van der Waals surface area contributed by atoms with Crippen molar-refractivity contribution in [3.63, 3.8) is 0 Å². The highest BCUT2D eigenvalue weighted by atomic mass is 15.3. The lowest BCUT2D eigenvalue weighted by atomic mass is 10.0. The van der Waals surface area contributed by atoms with Crippen LogP contribution in [0.3, 0.4) is 0 Å². The molecule has 0 amide bonds. The first-order chi connectivity index (χ1) is 13.1. The van der Waals surface area contributed by atoms with E-state index in [9.17, 15) is 0 Å². The normalized spacial score (nSPS) is 15.4. The Hall–Kier alpha value is -2.46. The van der Waals surface area contributed by atoms with Crippen LogP contribution in [-0.2, 0) is 6.54 Å².